The number of hydrogen-bond acceptors (Lipinski definition) is 4. The fourth-order valence-corrected chi connectivity index (χ4v) is 8.93. The fourth-order valence-electron chi connectivity index (χ4n) is 8.93. The summed E-state index contributed by atoms with van der Waals surface area (Å²) in [5.41, 5.74) is 10.6. The van der Waals surface area contributed by atoms with Gasteiger partial charge in [-0.15, -0.1) is 0 Å². The smallest absolute Gasteiger partial charge is 0.164 e. The number of hydrogen-bond donors (Lipinski definition) is 0. The van der Waals surface area contributed by atoms with Gasteiger partial charge in [0, 0.05) is 34.5 Å². The van der Waals surface area contributed by atoms with Gasteiger partial charge in [-0.25, -0.2) is 19.6 Å². The van der Waals surface area contributed by atoms with E-state index in [1.54, 1.807) is 0 Å². The quantitative estimate of drug-likeness (QED) is 0.151. The molecule has 0 fully saturated rings. The van der Waals surface area contributed by atoms with Gasteiger partial charge >= 0.3 is 0 Å². The van der Waals surface area contributed by atoms with Gasteiger partial charge in [-0.05, 0) is 101 Å². The van der Waals surface area contributed by atoms with E-state index in [1.807, 2.05) is 23.1 Å². The summed E-state index contributed by atoms with van der Waals surface area (Å²) in [4.78, 5) is 15.6. The molecule has 0 unspecified atom stereocenters. The summed E-state index contributed by atoms with van der Waals surface area (Å²) in [5, 5.41) is 14.1. The standard InChI is InChI=1S/C58H37N5/c1-2-12-44-34-46(29-24-38(44)10-1)40-22-20-39(21-23-40)45-15-7-16-48(35-45)57-60-56(43-27-25-42(26-28-43)51-19-8-14-41-11-3-5-17-50(41)51)61-58(62-57)49-30-31-53-52-18-6-4-13-47(52)37-55(54(53)36-49)63-33-9-32-59-63/h1-37H. The minimum atomic E-state index is 0.597. The van der Waals surface area contributed by atoms with Gasteiger partial charge in [0.05, 0.1) is 5.69 Å². The number of rotatable bonds is 7. The maximum absolute atomic E-state index is 5.23. The highest BCUT2D eigenvalue weighted by Gasteiger charge is 2.17. The Morgan fingerprint density at radius 2 is 0.841 bits per heavy atom. The second-order valence-electron chi connectivity index (χ2n) is 16.0. The zero-order valence-corrected chi connectivity index (χ0v) is 34.1. The predicted molar refractivity (Wildman–Crippen MR) is 260 cm³/mol. The van der Waals surface area contributed by atoms with E-state index in [0.29, 0.717) is 17.5 Å². The van der Waals surface area contributed by atoms with Crippen LogP contribution in [0.2, 0.25) is 0 Å². The molecular formula is C58H37N5. The lowest BCUT2D eigenvalue weighted by Gasteiger charge is -2.13. The first kappa shape index (κ1) is 36.3. The Balaban J connectivity index is 0.973. The van der Waals surface area contributed by atoms with Gasteiger partial charge in [-0.1, -0.05) is 182 Å². The van der Waals surface area contributed by atoms with E-state index in [4.69, 9.17) is 15.0 Å². The molecule has 0 spiro atoms. The molecule has 0 aliphatic heterocycles. The lowest BCUT2D eigenvalue weighted by atomic mass is 9.97. The number of benzene rings is 10. The molecule has 294 valence electrons. The summed E-state index contributed by atoms with van der Waals surface area (Å²) >= 11 is 0. The van der Waals surface area contributed by atoms with E-state index >= 15 is 0 Å². The van der Waals surface area contributed by atoms with Crippen LogP contribution in [0, 0.1) is 0 Å². The molecule has 63 heavy (non-hydrogen) atoms. The maximum Gasteiger partial charge on any atom is 0.164 e. The van der Waals surface area contributed by atoms with Crippen LogP contribution in [0.25, 0.3) is 116 Å². The fraction of sp³-hybridized carbons (Fsp3) is 0. The average molecular weight is 804 g/mol. The van der Waals surface area contributed by atoms with E-state index in [9.17, 15) is 0 Å². The van der Waals surface area contributed by atoms with E-state index in [-0.39, 0.29) is 0 Å². The molecule has 0 saturated carbocycles. The monoisotopic (exact) mass is 803 g/mol. The van der Waals surface area contributed by atoms with Crippen molar-refractivity contribution in [1.29, 1.82) is 0 Å². The Morgan fingerprint density at radius 3 is 1.60 bits per heavy atom. The van der Waals surface area contributed by atoms with E-state index in [1.165, 1.54) is 43.6 Å². The second-order valence-corrected chi connectivity index (χ2v) is 16.0. The molecule has 10 aromatic carbocycles. The molecule has 5 nitrogen and oxygen atoms in total. The molecule has 12 aromatic rings. The number of nitrogens with zero attached hydrogens (tertiary/aromatic N) is 5. The van der Waals surface area contributed by atoms with Crippen LogP contribution >= 0.6 is 0 Å². The molecule has 0 bridgehead atoms. The van der Waals surface area contributed by atoms with Crippen LogP contribution in [0.5, 0.6) is 0 Å². The summed E-state index contributed by atoms with van der Waals surface area (Å²) < 4.78 is 1.93. The van der Waals surface area contributed by atoms with Gasteiger partial charge in [0.25, 0.3) is 0 Å². The Kier molecular flexibility index (Phi) is 8.75. The Bertz CT molecular complexity index is 3660. The largest absolute Gasteiger partial charge is 0.240 e. The van der Waals surface area contributed by atoms with Gasteiger partial charge in [-0.2, -0.15) is 5.10 Å². The summed E-state index contributed by atoms with van der Waals surface area (Å²) in [6.07, 6.45) is 3.80. The minimum absolute atomic E-state index is 0.597. The average Bonchev–Trinajstić information content (AvgIpc) is 3.91. The minimum Gasteiger partial charge on any atom is -0.240 e. The van der Waals surface area contributed by atoms with Crippen LogP contribution < -0.4 is 0 Å². The number of aromatic nitrogens is 5. The SMILES string of the molecule is c1cc(-c2ccc(-c3ccc4ccccc4c3)cc2)cc(-c2nc(-c3ccc(-c4cccc5ccccc45)cc3)nc(-c3ccc4c(c3)c(-n3cccn3)cc3ccccc34)n2)c1. The summed E-state index contributed by atoms with van der Waals surface area (Å²) in [6, 6.07) is 75.1. The summed E-state index contributed by atoms with van der Waals surface area (Å²) in [6.45, 7) is 0. The van der Waals surface area contributed by atoms with Crippen LogP contribution in [0.3, 0.4) is 0 Å². The molecule has 12 rings (SSSR count). The van der Waals surface area contributed by atoms with Crippen molar-refractivity contribution in [3.05, 3.63) is 225 Å². The third kappa shape index (κ3) is 6.69. The van der Waals surface area contributed by atoms with E-state index in [0.717, 1.165) is 55.2 Å². The molecule has 0 atom stereocenters. The molecule has 2 heterocycles. The first-order chi connectivity index (χ1) is 31.2. The first-order valence-corrected chi connectivity index (χ1v) is 21.2. The molecule has 0 N–H and O–H groups in total. The lowest BCUT2D eigenvalue weighted by Crippen LogP contribution is -2.01. The molecule has 5 heteroatoms. The van der Waals surface area contributed by atoms with Crippen LogP contribution in [0.15, 0.2) is 225 Å². The molecule has 0 radical (unpaired) electrons. The molecule has 0 aliphatic rings. The van der Waals surface area contributed by atoms with Crippen LogP contribution in [0.1, 0.15) is 0 Å². The number of fused-ring (bicyclic) bond motifs is 5. The van der Waals surface area contributed by atoms with Gasteiger partial charge in [0.2, 0.25) is 0 Å². The lowest BCUT2D eigenvalue weighted by molar-refractivity contribution is 0.889. The predicted octanol–water partition coefficient (Wildman–Crippen LogP) is 14.7. The normalized spacial score (nSPS) is 11.5. The van der Waals surface area contributed by atoms with Gasteiger partial charge in [-0.3, -0.25) is 0 Å². The molecule has 2 aromatic heterocycles. The maximum atomic E-state index is 5.23. The van der Waals surface area contributed by atoms with Crippen molar-refractivity contribution in [3.8, 4) is 73.2 Å². The Hall–Kier alpha value is -8.54. The second kappa shape index (κ2) is 15.2. The van der Waals surface area contributed by atoms with E-state index in [2.05, 4.69) is 211 Å². The zero-order chi connectivity index (χ0) is 41.7. The topological polar surface area (TPSA) is 56.5 Å². The van der Waals surface area contributed by atoms with Crippen molar-refractivity contribution in [3.63, 3.8) is 0 Å². The van der Waals surface area contributed by atoms with Crippen molar-refractivity contribution in [2.45, 2.75) is 0 Å². The Labute approximate surface area is 364 Å². The summed E-state index contributed by atoms with van der Waals surface area (Å²) in [5.74, 6) is 1.81. The Morgan fingerprint density at radius 1 is 0.286 bits per heavy atom. The third-order valence-corrected chi connectivity index (χ3v) is 12.1. The van der Waals surface area contributed by atoms with Gasteiger partial charge < -0.3 is 0 Å². The molecule has 0 aliphatic carbocycles. The van der Waals surface area contributed by atoms with Crippen molar-refractivity contribution >= 4 is 43.1 Å². The highest BCUT2D eigenvalue weighted by atomic mass is 15.3. The van der Waals surface area contributed by atoms with Gasteiger partial charge in [0.1, 0.15) is 0 Å². The van der Waals surface area contributed by atoms with Crippen LogP contribution in [-0.2, 0) is 0 Å². The van der Waals surface area contributed by atoms with E-state index < -0.39 is 0 Å². The highest BCUT2D eigenvalue weighted by molar-refractivity contribution is 6.12. The van der Waals surface area contributed by atoms with Crippen molar-refractivity contribution in [1.82, 2.24) is 24.7 Å². The van der Waals surface area contributed by atoms with Crippen LogP contribution in [0.4, 0.5) is 0 Å². The molecule has 0 saturated heterocycles. The van der Waals surface area contributed by atoms with Crippen LogP contribution in [-0.4, -0.2) is 24.7 Å². The van der Waals surface area contributed by atoms with Crippen molar-refractivity contribution < 1.29 is 0 Å². The summed E-state index contributed by atoms with van der Waals surface area (Å²) in [7, 11) is 0. The van der Waals surface area contributed by atoms with Gasteiger partial charge in [0.15, 0.2) is 17.5 Å². The molecular weight excluding hydrogens is 767 g/mol. The van der Waals surface area contributed by atoms with Crippen molar-refractivity contribution in [2.75, 3.05) is 0 Å². The molecule has 0 amide bonds. The highest BCUT2D eigenvalue weighted by Crippen LogP contribution is 2.36. The zero-order valence-electron chi connectivity index (χ0n) is 34.1. The first-order valence-electron chi connectivity index (χ1n) is 21.2. The third-order valence-electron chi connectivity index (χ3n) is 12.1. The van der Waals surface area contributed by atoms with Crippen molar-refractivity contribution in [2.24, 2.45) is 0 Å².